The molecule has 1 N–H and O–H groups in total. The van der Waals surface area contributed by atoms with Gasteiger partial charge in [0.05, 0.1) is 11.8 Å². The Labute approximate surface area is 171 Å². The Morgan fingerprint density at radius 2 is 1.80 bits per heavy atom. The van der Waals surface area contributed by atoms with Crippen molar-refractivity contribution in [1.29, 1.82) is 0 Å². The molecule has 3 rings (SSSR count). The van der Waals surface area contributed by atoms with Crippen LogP contribution in [0.3, 0.4) is 0 Å². The van der Waals surface area contributed by atoms with E-state index in [0.29, 0.717) is 38.3 Å². The van der Waals surface area contributed by atoms with Gasteiger partial charge in [-0.1, -0.05) is 12.1 Å². The van der Waals surface area contributed by atoms with Crippen molar-refractivity contribution in [2.75, 3.05) is 26.2 Å². The zero-order valence-electron chi connectivity index (χ0n) is 16.3. The van der Waals surface area contributed by atoms with Crippen molar-refractivity contribution >= 4 is 11.8 Å². The molecule has 1 atom stereocenters. The Hall–Kier alpha value is -3.01. The lowest BCUT2D eigenvalue weighted by Gasteiger charge is -2.36. The molecule has 1 aromatic heterocycles. The van der Waals surface area contributed by atoms with Gasteiger partial charge in [-0.25, -0.2) is 0 Å². The van der Waals surface area contributed by atoms with E-state index in [2.05, 4.69) is 15.0 Å². The van der Waals surface area contributed by atoms with Crippen molar-refractivity contribution in [3.05, 3.63) is 54.0 Å². The van der Waals surface area contributed by atoms with E-state index in [1.807, 2.05) is 0 Å². The minimum absolute atomic E-state index is 0.167. The number of hydrogen-bond donors (Lipinski definition) is 1. The number of nitrogens with one attached hydrogen (secondary N) is 1. The SMILES string of the molecule is C[C@@H](NC(=O)c1ccoc1)C(=O)N1CCN(Cc2ccc(OC(F)(F)F)cc2)CC1. The molecule has 0 saturated carbocycles. The van der Waals surface area contributed by atoms with E-state index >= 15 is 0 Å². The first-order chi connectivity index (χ1) is 14.2. The zero-order chi connectivity index (χ0) is 21.7. The quantitative estimate of drug-likeness (QED) is 0.770. The van der Waals surface area contributed by atoms with E-state index in [1.54, 1.807) is 24.0 Å². The molecule has 1 aliphatic rings. The highest BCUT2D eigenvalue weighted by Crippen LogP contribution is 2.23. The van der Waals surface area contributed by atoms with Crippen molar-refractivity contribution in [1.82, 2.24) is 15.1 Å². The van der Waals surface area contributed by atoms with Crippen molar-refractivity contribution in [2.45, 2.75) is 25.9 Å². The molecule has 0 spiro atoms. The van der Waals surface area contributed by atoms with Gasteiger partial charge in [-0.3, -0.25) is 14.5 Å². The van der Waals surface area contributed by atoms with Crippen LogP contribution >= 0.6 is 0 Å². The van der Waals surface area contributed by atoms with Crippen LogP contribution in [0.25, 0.3) is 0 Å². The summed E-state index contributed by atoms with van der Waals surface area (Å²) in [5.41, 5.74) is 1.20. The van der Waals surface area contributed by atoms with Gasteiger partial charge in [0.15, 0.2) is 0 Å². The van der Waals surface area contributed by atoms with Crippen LogP contribution in [0.5, 0.6) is 5.75 Å². The number of furan rings is 1. The number of hydrogen-bond acceptors (Lipinski definition) is 5. The van der Waals surface area contributed by atoms with Crippen molar-refractivity contribution in [3.8, 4) is 5.75 Å². The molecule has 1 fully saturated rings. The predicted octanol–water partition coefficient (Wildman–Crippen LogP) is 2.64. The van der Waals surface area contributed by atoms with Crippen LogP contribution in [-0.4, -0.2) is 60.2 Å². The molecule has 10 heteroatoms. The number of piperazine rings is 1. The second kappa shape index (κ2) is 9.21. The number of amides is 2. The van der Waals surface area contributed by atoms with E-state index in [1.165, 1.54) is 30.7 Å². The minimum Gasteiger partial charge on any atom is -0.472 e. The first-order valence-electron chi connectivity index (χ1n) is 9.40. The van der Waals surface area contributed by atoms with Gasteiger partial charge < -0.3 is 19.4 Å². The molecule has 162 valence electrons. The van der Waals surface area contributed by atoms with Gasteiger partial charge in [-0.05, 0) is 30.7 Å². The van der Waals surface area contributed by atoms with Gasteiger partial charge in [0.2, 0.25) is 5.91 Å². The molecule has 2 heterocycles. The summed E-state index contributed by atoms with van der Waals surface area (Å²) >= 11 is 0. The van der Waals surface area contributed by atoms with E-state index in [-0.39, 0.29) is 17.6 Å². The van der Waals surface area contributed by atoms with E-state index < -0.39 is 12.4 Å². The largest absolute Gasteiger partial charge is 0.573 e. The molecule has 0 radical (unpaired) electrons. The van der Waals surface area contributed by atoms with Gasteiger partial charge in [-0.15, -0.1) is 13.2 Å². The summed E-state index contributed by atoms with van der Waals surface area (Å²) in [5.74, 6) is -0.797. The average Bonchev–Trinajstić information content (AvgIpc) is 3.23. The van der Waals surface area contributed by atoms with Crippen LogP contribution in [-0.2, 0) is 11.3 Å². The Bertz CT molecular complexity index is 845. The molecule has 7 nitrogen and oxygen atoms in total. The lowest BCUT2D eigenvalue weighted by atomic mass is 10.1. The van der Waals surface area contributed by atoms with Gasteiger partial charge in [0, 0.05) is 32.7 Å². The van der Waals surface area contributed by atoms with E-state index in [4.69, 9.17) is 4.42 Å². The average molecular weight is 425 g/mol. The second-order valence-corrected chi connectivity index (χ2v) is 7.00. The van der Waals surface area contributed by atoms with Gasteiger partial charge >= 0.3 is 6.36 Å². The van der Waals surface area contributed by atoms with Crippen LogP contribution in [0.1, 0.15) is 22.8 Å². The van der Waals surface area contributed by atoms with Crippen LogP contribution in [0.4, 0.5) is 13.2 Å². The topological polar surface area (TPSA) is 75.0 Å². The number of carbonyl (C=O) groups excluding carboxylic acids is 2. The molecular formula is C20H22F3N3O4. The number of ether oxygens (including phenoxy) is 1. The summed E-state index contributed by atoms with van der Waals surface area (Å²) in [4.78, 5) is 28.4. The van der Waals surface area contributed by atoms with Crippen LogP contribution < -0.4 is 10.1 Å². The van der Waals surface area contributed by atoms with Crippen molar-refractivity contribution < 1.29 is 31.9 Å². The Kier molecular flexibility index (Phi) is 6.66. The number of nitrogens with zero attached hydrogens (tertiary/aromatic N) is 2. The monoisotopic (exact) mass is 425 g/mol. The van der Waals surface area contributed by atoms with Gasteiger partial charge in [-0.2, -0.15) is 0 Å². The maximum atomic E-state index is 12.6. The molecule has 0 unspecified atom stereocenters. The van der Waals surface area contributed by atoms with E-state index in [9.17, 15) is 22.8 Å². The molecule has 30 heavy (non-hydrogen) atoms. The minimum atomic E-state index is -4.71. The standard InChI is InChI=1S/C20H22F3N3O4/c1-14(24-18(27)16-6-11-29-13-16)19(28)26-9-7-25(8-10-26)12-15-2-4-17(5-3-15)30-20(21,22)23/h2-6,11,13-14H,7-10,12H2,1H3,(H,24,27)/t14-/m1/s1. The second-order valence-electron chi connectivity index (χ2n) is 7.00. The summed E-state index contributed by atoms with van der Waals surface area (Å²) in [7, 11) is 0. The Morgan fingerprint density at radius 1 is 1.13 bits per heavy atom. The maximum absolute atomic E-state index is 12.6. The van der Waals surface area contributed by atoms with Crippen LogP contribution in [0.2, 0.25) is 0 Å². The number of alkyl halides is 3. The first-order valence-corrected chi connectivity index (χ1v) is 9.40. The molecule has 1 aliphatic heterocycles. The predicted molar refractivity (Wildman–Crippen MR) is 101 cm³/mol. The van der Waals surface area contributed by atoms with Crippen LogP contribution in [0.15, 0.2) is 47.3 Å². The highest BCUT2D eigenvalue weighted by Gasteiger charge is 2.31. The van der Waals surface area contributed by atoms with Gasteiger partial charge in [0.25, 0.3) is 5.91 Å². The van der Waals surface area contributed by atoms with Crippen LogP contribution in [0, 0.1) is 0 Å². The fourth-order valence-corrected chi connectivity index (χ4v) is 3.19. The van der Waals surface area contributed by atoms with E-state index in [0.717, 1.165) is 5.56 Å². The lowest BCUT2D eigenvalue weighted by Crippen LogP contribution is -2.53. The summed E-state index contributed by atoms with van der Waals surface area (Å²) in [6.07, 6.45) is -2.01. The Morgan fingerprint density at radius 3 is 2.37 bits per heavy atom. The number of benzene rings is 1. The number of carbonyl (C=O) groups is 2. The third kappa shape index (κ3) is 5.99. The zero-order valence-corrected chi connectivity index (χ0v) is 16.3. The highest BCUT2D eigenvalue weighted by atomic mass is 19.4. The molecule has 2 amide bonds. The molecule has 1 saturated heterocycles. The highest BCUT2D eigenvalue weighted by molar-refractivity contribution is 5.97. The van der Waals surface area contributed by atoms with Crippen molar-refractivity contribution in [3.63, 3.8) is 0 Å². The number of rotatable bonds is 6. The smallest absolute Gasteiger partial charge is 0.472 e. The first kappa shape index (κ1) is 21.7. The normalized spacial score (nSPS) is 16.2. The lowest BCUT2D eigenvalue weighted by molar-refractivity contribution is -0.274. The molecule has 1 aromatic carbocycles. The maximum Gasteiger partial charge on any atom is 0.573 e. The fraction of sp³-hybridized carbons (Fsp3) is 0.400. The molecule has 0 bridgehead atoms. The summed E-state index contributed by atoms with van der Waals surface area (Å²) in [5, 5.41) is 2.66. The summed E-state index contributed by atoms with van der Waals surface area (Å²) in [6, 6.07) is 6.60. The molecule has 2 aromatic rings. The fourth-order valence-electron chi connectivity index (χ4n) is 3.19. The molecule has 0 aliphatic carbocycles. The summed E-state index contributed by atoms with van der Waals surface area (Å²) < 4.78 is 45.4. The number of halogens is 3. The summed E-state index contributed by atoms with van der Waals surface area (Å²) in [6.45, 7) is 4.43. The Balaban J connectivity index is 1.45. The third-order valence-corrected chi connectivity index (χ3v) is 4.75. The molecular weight excluding hydrogens is 403 g/mol. The van der Waals surface area contributed by atoms with Crippen molar-refractivity contribution in [2.24, 2.45) is 0 Å². The van der Waals surface area contributed by atoms with Gasteiger partial charge in [0.1, 0.15) is 18.1 Å². The third-order valence-electron chi connectivity index (χ3n) is 4.75.